The van der Waals surface area contributed by atoms with Gasteiger partial charge in [0.2, 0.25) is 11.8 Å². The molecule has 0 saturated carbocycles. The van der Waals surface area contributed by atoms with Gasteiger partial charge in [-0.25, -0.2) is 0 Å². The van der Waals surface area contributed by atoms with Crippen LogP contribution in [0.1, 0.15) is 38.8 Å². The molecule has 2 amide bonds. The zero-order chi connectivity index (χ0) is 14.9. The van der Waals surface area contributed by atoms with E-state index >= 15 is 0 Å². The van der Waals surface area contributed by atoms with Gasteiger partial charge < -0.3 is 5.73 Å². The van der Waals surface area contributed by atoms with Crippen LogP contribution in [0.25, 0.3) is 0 Å². The van der Waals surface area contributed by atoms with Crippen LogP contribution in [0.5, 0.6) is 0 Å². The molecule has 1 aliphatic rings. The Morgan fingerprint density at radius 2 is 1.85 bits per heavy atom. The number of carbonyl (C=O) groups is 2. The Hall–Kier alpha value is -1.68. The van der Waals surface area contributed by atoms with Crippen LogP contribution in [0, 0.1) is 11.3 Å². The molecular weight excluding hydrogens is 252 g/mol. The largest absolute Gasteiger partial charge is 0.322 e. The van der Waals surface area contributed by atoms with E-state index in [2.05, 4.69) is 0 Å². The van der Waals surface area contributed by atoms with Gasteiger partial charge in [-0.05, 0) is 18.4 Å². The maximum Gasteiger partial charge on any atom is 0.235 e. The van der Waals surface area contributed by atoms with E-state index in [9.17, 15) is 9.59 Å². The SMILES string of the molecule is CC(C)C1(C)CC(=O)N(CC(N)c2ccccc2)C1=O. The maximum absolute atomic E-state index is 12.5. The molecule has 1 heterocycles. The van der Waals surface area contributed by atoms with Crippen molar-refractivity contribution < 1.29 is 9.59 Å². The van der Waals surface area contributed by atoms with Gasteiger partial charge in [0.05, 0.1) is 5.41 Å². The smallest absolute Gasteiger partial charge is 0.235 e. The van der Waals surface area contributed by atoms with Gasteiger partial charge in [0.1, 0.15) is 0 Å². The first-order valence-corrected chi connectivity index (χ1v) is 7.01. The Morgan fingerprint density at radius 1 is 1.25 bits per heavy atom. The van der Waals surface area contributed by atoms with Crippen LogP contribution in [0.2, 0.25) is 0 Å². The molecule has 2 N–H and O–H groups in total. The molecule has 1 aliphatic heterocycles. The van der Waals surface area contributed by atoms with E-state index < -0.39 is 5.41 Å². The normalized spacial score (nSPS) is 24.6. The second-order valence-corrected chi connectivity index (χ2v) is 6.08. The fraction of sp³-hybridized carbons (Fsp3) is 0.500. The quantitative estimate of drug-likeness (QED) is 0.855. The van der Waals surface area contributed by atoms with Gasteiger partial charge in [-0.3, -0.25) is 14.5 Å². The summed E-state index contributed by atoms with van der Waals surface area (Å²) in [6.07, 6.45) is 0.283. The highest BCUT2D eigenvalue weighted by molar-refractivity contribution is 6.05. The van der Waals surface area contributed by atoms with Crippen molar-refractivity contribution in [2.75, 3.05) is 6.54 Å². The van der Waals surface area contributed by atoms with E-state index in [4.69, 9.17) is 5.73 Å². The topological polar surface area (TPSA) is 63.4 Å². The number of amides is 2. The van der Waals surface area contributed by atoms with Gasteiger partial charge in [-0.15, -0.1) is 0 Å². The summed E-state index contributed by atoms with van der Waals surface area (Å²) in [6.45, 7) is 6.08. The van der Waals surface area contributed by atoms with Crippen LogP contribution >= 0.6 is 0 Å². The third-order valence-corrected chi connectivity index (χ3v) is 4.43. The molecule has 2 unspecified atom stereocenters. The number of imide groups is 1. The molecule has 1 aromatic carbocycles. The standard InChI is InChI=1S/C16H22N2O2/c1-11(2)16(3)9-14(19)18(15(16)20)10-13(17)12-7-5-4-6-8-12/h4-8,11,13H,9-10,17H2,1-3H3. The summed E-state index contributed by atoms with van der Waals surface area (Å²) in [4.78, 5) is 25.9. The summed E-state index contributed by atoms with van der Waals surface area (Å²) < 4.78 is 0. The lowest BCUT2D eigenvalue weighted by atomic mass is 9.78. The maximum atomic E-state index is 12.5. The predicted molar refractivity (Wildman–Crippen MR) is 77.7 cm³/mol. The van der Waals surface area contributed by atoms with E-state index in [0.717, 1.165) is 5.56 Å². The number of benzene rings is 1. The lowest BCUT2D eigenvalue weighted by molar-refractivity contribution is -0.142. The average molecular weight is 274 g/mol. The summed E-state index contributed by atoms with van der Waals surface area (Å²) in [6, 6.07) is 9.22. The summed E-state index contributed by atoms with van der Waals surface area (Å²) in [5.41, 5.74) is 6.46. The first-order valence-electron chi connectivity index (χ1n) is 7.01. The van der Waals surface area contributed by atoms with Crippen molar-refractivity contribution in [2.45, 2.75) is 33.2 Å². The lowest BCUT2D eigenvalue weighted by Gasteiger charge is -2.27. The average Bonchev–Trinajstić information content (AvgIpc) is 2.64. The Morgan fingerprint density at radius 3 is 2.35 bits per heavy atom. The summed E-state index contributed by atoms with van der Waals surface area (Å²) in [7, 11) is 0. The minimum atomic E-state index is -0.590. The van der Waals surface area contributed by atoms with Gasteiger partial charge in [-0.1, -0.05) is 44.2 Å². The number of carbonyl (C=O) groups excluding carboxylic acids is 2. The molecule has 1 fully saturated rings. The minimum Gasteiger partial charge on any atom is -0.322 e. The highest BCUT2D eigenvalue weighted by Gasteiger charge is 2.50. The fourth-order valence-corrected chi connectivity index (χ4v) is 2.54. The molecule has 2 atom stereocenters. The van der Waals surface area contributed by atoms with Gasteiger partial charge in [0.15, 0.2) is 0 Å². The van der Waals surface area contributed by atoms with Crippen molar-refractivity contribution in [3.8, 4) is 0 Å². The predicted octanol–water partition coefficient (Wildman–Crippen LogP) is 2.11. The van der Waals surface area contributed by atoms with Gasteiger partial charge >= 0.3 is 0 Å². The monoisotopic (exact) mass is 274 g/mol. The molecule has 4 nitrogen and oxygen atoms in total. The van der Waals surface area contributed by atoms with Crippen molar-refractivity contribution in [3.63, 3.8) is 0 Å². The van der Waals surface area contributed by atoms with Crippen molar-refractivity contribution in [3.05, 3.63) is 35.9 Å². The highest BCUT2D eigenvalue weighted by atomic mass is 16.2. The van der Waals surface area contributed by atoms with E-state index in [1.165, 1.54) is 4.90 Å². The Balaban J connectivity index is 2.14. The third-order valence-electron chi connectivity index (χ3n) is 4.43. The molecule has 4 heteroatoms. The number of rotatable bonds is 4. The molecule has 0 aromatic heterocycles. The molecule has 20 heavy (non-hydrogen) atoms. The van der Waals surface area contributed by atoms with Crippen molar-refractivity contribution in [1.82, 2.24) is 4.90 Å². The van der Waals surface area contributed by atoms with Crippen LogP contribution in [-0.4, -0.2) is 23.3 Å². The van der Waals surface area contributed by atoms with Crippen molar-refractivity contribution in [1.29, 1.82) is 0 Å². The van der Waals surface area contributed by atoms with Crippen LogP contribution in [0.4, 0.5) is 0 Å². The number of likely N-dealkylation sites (tertiary alicyclic amines) is 1. The van der Waals surface area contributed by atoms with Crippen LogP contribution in [0.15, 0.2) is 30.3 Å². The Bertz CT molecular complexity index is 512. The second-order valence-electron chi connectivity index (χ2n) is 6.08. The fourth-order valence-electron chi connectivity index (χ4n) is 2.54. The summed E-state index contributed by atoms with van der Waals surface area (Å²) in [5.74, 6) is -0.0710. The third kappa shape index (κ3) is 2.48. The molecule has 1 saturated heterocycles. The van der Waals surface area contributed by atoms with E-state index in [-0.39, 0.29) is 36.7 Å². The van der Waals surface area contributed by atoms with Crippen LogP contribution in [0.3, 0.4) is 0 Å². The minimum absolute atomic E-state index is 0.0936. The molecule has 0 radical (unpaired) electrons. The lowest BCUT2D eigenvalue weighted by Crippen LogP contribution is -2.40. The highest BCUT2D eigenvalue weighted by Crippen LogP contribution is 2.39. The van der Waals surface area contributed by atoms with Crippen molar-refractivity contribution >= 4 is 11.8 Å². The van der Waals surface area contributed by atoms with Gasteiger partial charge in [-0.2, -0.15) is 0 Å². The molecule has 2 rings (SSSR count). The molecule has 0 spiro atoms. The van der Waals surface area contributed by atoms with Crippen LogP contribution in [-0.2, 0) is 9.59 Å². The second kappa shape index (κ2) is 5.37. The van der Waals surface area contributed by atoms with E-state index in [0.29, 0.717) is 0 Å². The first-order chi connectivity index (χ1) is 9.36. The molecule has 0 aliphatic carbocycles. The summed E-state index contributed by atoms with van der Waals surface area (Å²) in [5, 5.41) is 0. The van der Waals surface area contributed by atoms with Gasteiger partial charge in [0.25, 0.3) is 0 Å². The number of hydrogen-bond donors (Lipinski definition) is 1. The van der Waals surface area contributed by atoms with Crippen molar-refractivity contribution in [2.24, 2.45) is 17.1 Å². The Labute approximate surface area is 119 Å². The number of hydrogen-bond acceptors (Lipinski definition) is 3. The molecular formula is C16H22N2O2. The number of nitrogens with two attached hydrogens (primary N) is 1. The first kappa shape index (κ1) is 14.7. The zero-order valence-corrected chi connectivity index (χ0v) is 12.3. The summed E-state index contributed by atoms with van der Waals surface area (Å²) >= 11 is 0. The number of nitrogens with zero attached hydrogens (tertiary/aromatic N) is 1. The van der Waals surface area contributed by atoms with E-state index in [1.54, 1.807) is 0 Å². The molecule has 108 valence electrons. The zero-order valence-electron chi connectivity index (χ0n) is 12.3. The molecule has 0 bridgehead atoms. The van der Waals surface area contributed by atoms with E-state index in [1.807, 2.05) is 51.1 Å². The van der Waals surface area contributed by atoms with Gasteiger partial charge in [0, 0.05) is 19.0 Å². The molecule has 1 aromatic rings. The van der Waals surface area contributed by atoms with Crippen LogP contribution < -0.4 is 5.73 Å². The Kier molecular flexibility index (Phi) is 3.95.